The molecule has 56 heavy (non-hydrogen) atoms. The number of hydrogen-bond donors (Lipinski definition) is 1. The standard InChI is InChI=1S/C44H44F4INO5Si/c1-27(42(51)52)40(28-16-17-28)29-18-22-36(49)38(24-29)55-39(26-54-56(43(2,3)4,31-12-8-6-9-13-31)32-14-10-7-11-15-32)33-20-23-37(50-41(33)44(46,47)48)34-25-30(53-5)19-21-35(34)45/h6-15,18-25,27-28,39-40H,16-17,26H2,1-5H3,(H,51,52)/t27?,39-,40?/m0/s1. The summed E-state index contributed by atoms with van der Waals surface area (Å²) in [6, 6.07) is 31.3. The molecule has 1 N–H and O–H groups in total. The minimum atomic E-state index is -4.97. The van der Waals surface area contributed by atoms with Gasteiger partial charge in [0.2, 0.25) is 0 Å². The molecular formula is C44H44F4INO5Si. The lowest BCUT2D eigenvalue weighted by Crippen LogP contribution is -2.66. The minimum Gasteiger partial charge on any atom is -0.497 e. The zero-order valence-electron chi connectivity index (χ0n) is 31.7. The maximum Gasteiger partial charge on any atom is 0.433 e. The van der Waals surface area contributed by atoms with Crippen molar-refractivity contribution in [3.63, 3.8) is 0 Å². The first kappa shape index (κ1) is 41.4. The Kier molecular flexibility index (Phi) is 12.3. The maximum absolute atomic E-state index is 15.3. The quantitative estimate of drug-likeness (QED) is 0.0680. The van der Waals surface area contributed by atoms with Gasteiger partial charge in [0, 0.05) is 11.1 Å². The van der Waals surface area contributed by atoms with Gasteiger partial charge in [-0.15, -0.1) is 0 Å². The van der Waals surface area contributed by atoms with Crippen molar-refractivity contribution in [3.05, 3.63) is 135 Å². The van der Waals surface area contributed by atoms with Gasteiger partial charge in [0.25, 0.3) is 8.32 Å². The molecule has 1 heterocycles. The van der Waals surface area contributed by atoms with E-state index in [-0.39, 0.29) is 41.0 Å². The smallest absolute Gasteiger partial charge is 0.433 e. The summed E-state index contributed by atoms with van der Waals surface area (Å²) < 4.78 is 80.6. The van der Waals surface area contributed by atoms with Gasteiger partial charge in [-0.1, -0.05) is 100 Å². The second-order valence-corrected chi connectivity index (χ2v) is 20.7. The van der Waals surface area contributed by atoms with Crippen molar-refractivity contribution in [2.24, 2.45) is 11.8 Å². The molecule has 2 unspecified atom stereocenters. The highest BCUT2D eigenvalue weighted by molar-refractivity contribution is 14.1. The number of carboxylic acid groups (broad SMARTS) is 1. The van der Waals surface area contributed by atoms with Crippen molar-refractivity contribution in [1.29, 1.82) is 0 Å². The maximum atomic E-state index is 15.3. The summed E-state index contributed by atoms with van der Waals surface area (Å²) in [6.07, 6.45) is -4.55. The molecule has 1 aromatic heterocycles. The van der Waals surface area contributed by atoms with E-state index in [4.69, 9.17) is 13.9 Å². The molecule has 4 aromatic carbocycles. The Morgan fingerprint density at radius 1 is 0.911 bits per heavy atom. The van der Waals surface area contributed by atoms with E-state index in [1.807, 2.05) is 66.7 Å². The Labute approximate surface area is 339 Å². The largest absolute Gasteiger partial charge is 0.497 e. The molecule has 294 valence electrons. The lowest BCUT2D eigenvalue weighted by molar-refractivity contribution is -0.143. The molecule has 0 radical (unpaired) electrons. The Bertz CT molecular complexity index is 2120. The molecule has 3 atom stereocenters. The molecule has 1 aliphatic rings. The number of halogens is 5. The summed E-state index contributed by atoms with van der Waals surface area (Å²) in [5.74, 6) is -1.94. The molecule has 6 nitrogen and oxygen atoms in total. The number of ether oxygens (including phenoxy) is 2. The van der Waals surface area contributed by atoms with E-state index in [1.54, 1.807) is 19.1 Å². The fourth-order valence-corrected chi connectivity index (χ4v) is 12.7. The van der Waals surface area contributed by atoms with E-state index in [2.05, 4.69) is 48.3 Å². The number of alkyl halides is 3. The third-order valence-corrected chi connectivity index (χ3v) is 16.4. The number of pyridine rings is 1. The predicted molar refractivity (Wildman–Crippen MR) is 220 cm³/mol. The Hall–Kier alpha value is -4.27. The van der Waals surface area contributed by atoms with Crippen LogP contribution in [0.3, 0.4) is 0 Å². The van der Waals surface area contributed by atoms with Crippen LogP contribution in [0, 0.1) is 21.2 Å². The number of carbonyl (C=O) groups is 1. The van der Waals surface area contributed by atoms with Gasteiger partial charge in [0.05, 0.1) is 28.9 Å². The number of rotatable bonds is 14. The van der Waals surface area contributed by atoms with Crippen LogP contribution >= 0.6 is 22.6 Å². The van der Waals surface area contributed by atoms with Gasteiger partial charge in [-0.05, 0) is 105 Å². The van der Waals surface area contributed by atoms with Crippen LogP contribution in [0.2, 0.25) is 5.04 Å². The lowest BCUT2D eigenvalue weighted by Gasteiger charge is -2.43. The Balaban J connectivity index is 1.52. The first-order valence-electron chi connectivity index (χ1n) is 18.4. The summed E-state index contributed by atoms with van der Waals surface area (Å²) in [6.45, 7) is 7.59. The fourth-order valence-electron chi connectivity index (χ4n) is 7.63. The molecule has 0 aliphatic heterocycles. The Morgan fingerprint density at radius 3 is 2.07 bits per heavy atom. The number of aromatic nitrogens is 1. The number of benzene rings is 4. The highest BCUT2D eigenvalue weighted by Crippen LogP contribution is 2.48. The SMILES string of the molecule is COc1ccc(F)c(-c2ccc([C@H](CO[Si](c3ccccc3)(c3ccccc3)C(C)(C)C)Oc3cc(C(C4CC4)C(C)C(=O)O)ccc3I)c(C(F)(F)F)n2)c1. The monoisotopic (exact) mass is 897 g/mol. The van der Waals surface area contributed by atoms with Crippen molar-refractivity contribution < 1.29 is 41.4 Å². The van der Waals surface area contributed by atoms with Gasteiger partial charge in [0.1, 0.15) is 23.4 Å². The molecule has 12 heteroatoms. The molecule has 0 amide bonds. The number of carboxylic acids is 1. The minimum absolute atomic E-state index is 0.150. The zero-order chi connectivity index (χ0) is 40.4. The molecule has 1 saturated carbocycles. The van der Waals surface area contributed by atoms with Crippen LogP contribution < -0.4 is 19.8 Å². The van der Waals surface area contributed by atoms with Crippen molar-refractivity contribution in [2.45, 2.75) is 63.8 Å². The average molecular weight is 898 g/mol. The van der Waals surface area contributed by atoms with Crippen molar-refractivity contribution >= 4 is 47.3 Å². The van der Waals surface area contributed by atoms with E-state index in [9.17, 15) is 9.90 Å². The van der Waals surface area contributed by atoms with Crippen molar-refractivity contribution in [3.8, 4) is 22.8 Å². The van der Waals surface area contributed by atoms with Gasteiger partial charge in [-0.2, -0.15) is 13.2 Å². The van der Waals surface area contributed by atoms with Crippen LogP contribution in [-0.4, -0.2) is 38.1 Å². The van der Waals surface area contributed by atoms with Crippen LogP contribution in [0.1, 0.15) is 69.4 Å². The van der Waals surface area contributed by atoms with Gasteiger partial charge in [-0.3, -0.25) is 4.79 Å². The van der Waals surface area contributed by atoms with Gasteiger partial charge >= 0.3 is 12.1 Å². The lowest BCUT2D eigenvalue weighted by atomic mass is 9.83. The predicted octanol–water partition coefficient (Wildman–Crippen LogP) is 10.4. The molecular weight excluding hydrogens is 853 g/mol. The third-order valence-electron chi connectivity index (χ3n) is 10.5. The van der Waals surface area contributed by atoms with Gasteiger partial charge in [0.15, 0.2) is 5.69 Å². The Morgan fingerprint density at radius 2 is 1.54 bits per heavy atom. The summed E-state index contributed by atoms with van der Waals surface area (Å²) in [5.41, 5.74) is -1.17. The van der Waals surface area contributed by atoms with E-state index >= 15 is 17.6 Å². The van der Waals surface area contributed by atoms with Gasteiger partial charge < -0.3 is 19.0 Å². The molecule has 5 aromatic rings. The van der Waals surface area contributed by atoms with E-state index in [0.717, 1.165) is 34.8 Å². The van der Waals surface area contributed by atoms with E-state index in [0.29, 0.717) is 9.32 Å². The van der Waals surface area contributed by atoms with Crippen molar-refractivity contribution in [1.82, 2.24) is 4.98 Å². The molecule has 0 saturated heterocycles. The molecule has 0 bridgehead atoms. The third kappa shape index (κ3) is 8.67. The number of nitrogens with zero attached hydrogens (tertiary/aromatic N) is 1. The molecule has 0 spiro atoms. The summed E-state index contributed by atoms with van der Waals surface area (Å²) >= 11 is 2.08. The first-order valence-corrected chi connectivity index (χ1v) is 21.4. The highest BCUT2D eigenvalue weighted by atomic mass is 127. The number of aliphatic carboxylic acids is 1. The van der Waals surface area contributed by atoms with E-state index < -0.39 is 49.0 Å². The topological polar surface area (TPSA) is 77.9 Å². The normalized spacial score (nSPS) is 15.2. The average Bonchev–Trinajstić information content (AvgIpc) is 4.01. The van der Waals surface area contributed by atoms with Crippen LogP contribution in [0.4, 0.5) is 17.6 Å². The van der Waals surface area contributed by atoms with Crippen LogP contribution in [0.5, 0.6) is 11.5 Å². The number of methoxy groups -OCH3 is 1. The van der Waals surface area contributed by atoms with Crippen LogP contribution in [-0.2, 0) is 15.4 Å². The van der Waals surface area contributed by atoms with E-state index in [1.165, 1.54) is 31.4 Å². The summed E-state index contributed by atoms with van der Waals surface area (Å²) in [5, 5.41) is 11.3. The molecule has 1 fully saturated rings. The zero-order valence-corrected chi connectivity index (χ0v) is 34.9. The van der Waals surface area contributed by atoms with Crippen LogP contribution in [0.25, 0.3) is 11.3 Å². The second-order valence-electron chi connectivity index (χ2n) is 15.2. The first-order chi connectivity index (χ1) is 26.5. The second kappa shape index (κ2) is 16.7. The molecule has 6 rings (SSSR count). The van der Waals surface area contributed by atoms with Gasteiger partial charge in [-0.25, -0.2) is 9.37 Å². The van der Waals surface area contributed by atoms with Crippen molar-refractivity contribution in [2.75, 3.05) is 13.7 Å². The summed E-state index contributed by atoms with van der Waals surface area (Å²) in [7, 11) is -1.91. The highest BCUT2D eigenvalue weighted by Gasteiger charge is 2.51. The van der Waals surface area contributed by atoms with Crippen LogP contribution in [0.15, 0.2) is 109 Å². The molecule has 1 aliphatic carbocycles. The fraction of sp³-hybridized carbons (Fsp3) is 0.318. The number of hydrogen-bond acceptors (Lipinski definition) is 5. The summed E-state index contributed by atoms with van der Waals surface area (Å²) in [4.78, 5) is 16.2.